The number of hydrogen-bond acceptors (Lipinski definition) is 6. The lowest BCUT2D eigenvalue weighted by Crippen LogP contribution is -2.56. The molecule has 1 amide bonds. The van der Waals surface area contributed by atoms with Crippen LogP contribution in [-0.4, -0.2) is 43.5 Å². The monoisotopic (exact) mass is 380 g/mol. The number of halogens is 3. The molecule has 0 bridgehead atoms. The van der Waals surface area contributed by atoms with Crippen LogP contribution in [0, 0.1) is 10.1 Å². The Balaban J connectivity index is 2.02. The molecule has 1 atom stereocenters. The molecule has 0 radical (unpaired) electrons. The van der Waals surface area contributed by atoms with Crippen molar-refractivity contribution < 1.29 is 28.0 Å². The Morgan fingerprint density at radius 1 is 1.26 bits per heavy atom. The lowest BCUT2D eigenvalue weighted by Gasteiger charge is -2.32. The molecule has 0 saturated carbocycles. The third kappa shape index (κ3) is 3.24. The van der Waals surface area contributed by atoms with E-state index in [9.17, 15) is 33.2 Å². The Bertz CT molecular complexity index is 916. The van der Waals surface area contributed by atoms with Crippen molar-refractivity contribution in [2.45, 2.75) is 18.3 Å². The highest BCUT2D eigenvalue weighted by Crippen LogP contribution is 2.42. The number of rotatable bonds is 3. The summed E-state index contributed by atoms with van der Waals surface area (Å²) >= 11 is 0. The van der Waals surface area contributed by atoms with E-state index in [1.165, 1.54) is 30.5 Å². The molecule has 1 aliphatic rings. The average Bonchev–Trinajstić information content (AvgIpc) is 3.01. The van der Waals surface area contributed by atoms with Crippen LogP contribution < -0.4 is 0 Å². The quantitative estimate of drug-likeness (QED) is 0.650. The number of hydrazone groups is 1. The normalized spacial score (nSPS) is 19.7. The second-order valence-electron chi connectivity index (χ2n) is 5.70. The molecule has 0 fully saturated rings. The fourth-order valence-electron chi connectivity index (χ4n) is 2.53. The number of amides is 1. The number of hydrogen-bond donors (Lipinski definition) is 1. The summed E-state index contributed by atoms with van der Waals surface area (Å²) in [4.78, 5) is 26.2. The molecule has 8 nitrogen and oxygen atoms in total. The van der Waals surface area contributed by atoms with Crippen LogP contribution >= 0.6 is 0 Å². The van der Waals surface area contributed by atoms with Crippen LogP contribution in [-0.2, 0) is 0 Å². The standard InChI is InChI=1S/C16H11F3N4O4/c17-16(18,19)15(25)8-13(10-3-5-12(6-4-10)23(26)27)21-22(15)14(24)11-2-1-7-20-9-11/h1-7,9,25H,8H2/t15-/m1/s1. The highest BCUT2D eigenvalue weighted by Gasteiger charge is 2.63. The Hall–Kier alpha value is -3.34. The summed E-state index contributed by atoms with van der Waals surface area (Å²) in [6.45, 7) is 0. The third-order valence-corrected chi connectivity index (χ3v) is 3.95. The predicted molar refractivity (Wildman–Crippen MR) is 85.7 cm³/mol. The second kappa shape index (κ2) is 6.43. The molecule has 11 heteroatoms. The maximum Gasteiger partial charge on any atom is 0.438 e. The number of pyridine rings is 1. The molecule has 1 N–H and O–H groups in total. The SMILES string of the molecule is O=C(c1cccnc1)N1N=C(c2ccc([N+](=O)[O-])cc2)C[C@@]1(O)C(F)(F)F. The van der Waals surface area contributed by atoms with Gasteiger partial charge in [-0.25, -0.2) is 0 Å². The van der Waals surface area contributed by atoms with Crippen LogP contribution in [0.4, 0.5) is 18.9 Å². The van der Waals surface area contributed by atoms with Crippen LogP contribution in [0.5, 0.6) is 0 Å². The highest BCUT2D eigenvalue weighted by molar-refractivity contribution is 6.05. The van der Waals surface area contributed by atoms with Gasteiger partial charge in [0.1, 0.15) is 0 Å². The van der Waals surface area contributed by atoms with Crippen molar-refractivity contribution in [3.63, 3.8) is 0 Å². The van der Waals surface area contributed by atoms with E-state index in [-0.39, 0.29) is 27.5 Å². The van der Waals surface area contributed by atoms with E-state index < -0.39 is 29.2 Å². The van der Waals surface area contributed by atoms with Gasteiger partial charge in [-0.2, -0.15) is 23.3 Å². The topological polar surface area (TPSA) is 109 Å². The molecule has 2 aromatic rings. The summed E-state index contributed by atoms with van der Waals surface area (Å²) in [7, 11) is 0. The van der Waals surface area contributed by atoms with Gasteiger partial charge in [-0.05, 0) is 29.8 Å². The average molecular weight is 380 g/mol. The number of benzene rings is 1. The molecule has 0 aliphatic carbocycles. The maximum absolute atomic E-state index is 13.5. The first kappa shape index (κ1) is 18.5. The van der Waals surface area contributed by atoms with E-state index in [4.69, 9.17) is 0 Å². The molecule has 3 rings (SSSR count). The molecule has 1 aliphatic heterocycles. The minimum Gasteiger partial charge on any atom is -0.362 e. The Kier molecular flexibility index (Phi) is 4.39. The zero-order valence-electron chi connectivity index (χ0n) is 13.4. The number of nitro groups is 1. The molecule has 140 valence electrons. The zero-order valence-corrected chi connectivity index (χ0v) is 13.4. The van der Waals surface area contributed by atoms with Crippen molar-refractivity contribution >= 4 is 17.3 Å². The third-order valence-electron chi connectivity index (χ3n) is 3.95. The molecule has 1 aromatic heterocycles. The molecule has 2 heterocycles. The first-order chi connectivity index (χ1) is 12.6. The first-order valence-corrected chi connectivity index (χ1v) is 7.49. The number of aromatic nitrogens is 1. The van der Waals surface area contributed by atoms with Crippen LogP contribution in [0.25, 0.3) is 0 Å². The van der Waals surface area contributed by atoms with Gasteiger partial charge in [0.15, 0.2) is 0 Å². The smallest absolute Gasteiger partial charge is 0.362 e. The molecule has 0 unspecified atom stereocenters. The van der Waals surface area contributed by atoms with E-state index in [1.807, 2.05) is 0 Å². The van der Waals surface area contributed by atoms with E-state index in [0.29, 0.717) is 0 Å². The summed E-state index contributed by atoms with van der Waals surface area (Å²) < 4.78 is 40.5. The molecule has 1 aromatic carbocycles. The summed E-state index contributed by atoms with van der Waals surface area (Å²) in [5, 5.41) is 24.6. The van der Waals surface area contributed by atoms with Gasteiger partial charge in [0.25, 0.3) is 17.3 Å². The van der Waals surface area contributed by atoms with Crippen molar-refractivity contribution in [3.8, 4) is 0 Å². The number of non-ortho nitro benzene ring substituents is 1. The number of nitro benzene ring substituents is 1. The van der Waals surface area contributed by atoms with Crippen molar-refractivity contribution in [3.05, 3.63) is 70.0 Å². The fourth-order valence-corrected chi connectivity index (χ4v) is 2.53. The molecule has 0 spiro atoms. The Labute approximate surface area is 149 Å². The Morgan fingerprint density at radius 3 is 2.44 bits per heavy atom. The number of carbonyl (C=O) groups excluding carboxylic acids is 1. The van der Waals surface area contributed by atoms with E-state index in [1.54, 1.807) is 0 Å². The van der Waals surface area contributed by atoms with Crippen LogP contribution in [0.3, 0.4) is 0 Å². The van der Waals surface area contributed by atoms with E-state index in [2.05, 4.69) is 10.1 Å². The summed E-state index contributed by atoms with van der Waals surface area (Å²) in [5.74, 6) is -1.18. The minimum absolute atomic E-state index is 0.0270. The second-order valence-corrected chi connectivity index (χ2v) is 5.70. The highest BCUT2D eigenvalue weighted by atomic mass is 19.4. The lowest BCUT2D eigenvalue weighted by atomic mass is 10.0. The lowest BCUT2D eigenvalue weighted by molar-refractivity contribution is -0.384. The van der Waals surface area contributed by atoms with Crippen molar-refractivity contribution in [2.24, 2.45) is 5.10 Å². The van der Waals surface area contributed by atoms with Gasteiger partial charge >= 0.3 is 6.18 Å². The molecule has 0 saturated heterocycles. The van der Waals surface area contributed by atoms with Gasteiger partial charge in [0.2, 0.25) is 0 Å². The summed E-state index contributed by atoms with van der Waals surface area (Å²) in [6, 6.07) is 7.19. The van der Waals surface area contributed by atoms with Crippen LogP contribution in [0.15, 0.2) is 53.9 Å². The van der Waals surface area contributed by atoms with Gasteiger partial charge in [-0.3, -0.25) is 19.9 Å². The zero-order chi connectivity index (χ0) is 19.8. The molecular weight excluding hydrogens is 369 g/mol. The van der Waals surface area contributed by atoms with E-state index >= 15 is 0 Å². The predicted octanol–water partition coefficient (Wildman–Crippen LogP) is 2.49. The molecular formula is C16H11F3N4O4. The van der Waals surface area contributed by atoms with Gasteiger partial charge < -0.3 is 5.11 Å². The fraction of sp³-hybridized carbons (Fsp3) is 0.188. The van der Waals surface area contributed by atoms with Gasteiger partial charge in [0.05, 0.1) is 22.6 Å². The molecule has 27 heavy (non-hydrogen) atoms. The Morgan fingerprint density at radius 2 is 1.93 bits per heavy atom. The van der Waals surface area contributed by atoms with E-state index in [0.717, 1.165) is 18.3 Å². The summed E-state index contributed by atoms with van der Waals surface area (Å²) in [5.41, 5.74) is -4.11. The number of alkyl halides is 3. The van der Waals surface area contributed by atoms with Crippen molar-refractivity contribution in [1.82, 2.24) is 9.99 Å². The van der Waals surface area contributed by atoms with Gasteiger partial charge in [-0.15, -0.1) is 0 Å². The van der Waals surface area contributed by atoms with Crippen LogP contribution in [0.2, 0.25) is 0 Å². The van der Waals surface area contributed by atoms with Gasteiger partial charge in [0, 0.05) is 24.5 Å². The van der Waals surface area contributed by atoms with Crippen molar-refractivity contribution in [2.75, 3.05) is 0 Å². The maximum atomic E-state index is 13.5. The van der Waals surface area contributed by atoms with Gasteiger partial charge in [-0.1, -0.05) is 0 Å². The van der Waals surface area contributed by atoms with Crippen LogP contribution in [0.1, 0.15) is 22.3 Å². The minimum atomic E-state index is -5.18. The number of aliphatic hydroxyl groups is 1. The first-order valence-electron chi connectivity index (χ1n) is 7.49. The number of nitrogens with zero attached hydrogens (tertiary/aromatic N) is 4. The number of carbonyl (C=O) groups is 1. The summed E-state index contributed by atoms with van der Waals surface area (Å²) in [6.07, 6.45) is -3.81. The largest absolute Gasteiger partial charge is 0.438 e. The van der Waals surface area contributed by atoms with Crippen molar-refractivity contribution in [1.29, 1.82) is 0 Å².